The van der Waals surface area contributed by atoms with E-state index in [0.717, 1.165) is 41.5 Å². The Morgan fingerprint density at radius 3 is 2.74 bits per heavy atom. The van der Waals surface area contributed by atoms with Crippen molar-refractivity contribution in [3.8, 4) is 0 Å². The van der Waals surface area contributed by atoms with Crippen molar-refractivity contribution in [2.24, 2.45) is 0 Å². The lowest BCUT2D eigenvalue weighted by Crippen LogP contribution is -2.24. The topological polar surface area (TPSA) is 62.4 Å². The number of allylic oxidation sites excluding steroid dienone is 1. The van der Waals surface area contributed by atoms with Gasteiger partial charge in [-0.25, -0.2) is 0 Å². The smallest absolute Gasteiger partial charge is 0.314 e. The molecule has 1 aliphatic heterocycles. The van der Waals surface area contributed by atoms with Gasteiger partial charge < -0.3 is 9.72 Å². The van der Waals surface area contributed by atoms with Gasteiger partial charge in [-0.2, -0.15) is 0 Å². The summed E-state index contributed by atoms with van der Waals surface area (Å²) in [5.74, 6) is -0.510. The molecule has 27 heavy (non-hydrogen) atoms. The molecule has 1 aliphatic rings. The number of ether oxygens (including phenoxy) is 1. The van der Waals surface area contributed by atoms with Gasteiger partial charge in [0.1, 0.15) is 0 Å². The number of hydrogen-bond acceptors (Lipinski definition) is 4. The standard InChI is InChI=1S/C22H28N2O3/c1-5-15-7-6-8-17(22(26)27-4)21-19(13-24(3)12-15)18-11-16(14(2)25)9-10-20(18)23-21/h7,9-11,17,23H,5-6,8,12-13H2,1-4H3/b15-7-. The van der Waals surface area contributed by atoms with Crippen LogP contribution >= 0.6 is 0 Å². The van der Waals surface area contributed by atoms with E-state index in [1.54, 1.807) is 6.92 Å². The molecule has 5 heteroatoms. The first kappa shape index (κ1) is 19.4. The molecule has 0 amide bonds. The fourth-order valence-electron chi connectivity index (χ4n) is 3.92. The lowest BCUT2D eigenvalue weighted by Gasteiger charge is -2.23. The molecule has 0 saturated heterocycles. The van der Waals surface area contributed by atoms with E-state index >= 15 is 0 Å². The van der Waals surface area contributed by atoms with Crippen LogP contribution in [0.2, 0.25) is 0 Å². The highest BCUT2D eigenvalue weighted by Crippen LogP contribution is 2.34. The monoisotopic (exact) mass is 368 g/mol. The van der Waals surface area contributed by atoms with Crippen LogP contribution in [0.5, 0.6) is 0 Å². The summed E-state index contributed by atoms with van der Waals surface area (Å²) in [6, 6.07) is 5.71. The Labute approximate surface area is 160 Å². The number of likely N-dealkylation sites (N-methyl/N-ethyl adjacent to an activating group) is 1. The Morgan fingerprint density at radius 2 is 2.07 bits per heavy atom. The van der Waals surface area contributed by atoms with E-state index in [0.29, 0.717) is 18.5 Å². The van der Waals surface area contributed by atoms with E-state index < -0.39 is 0 Å². The highest BCUT2D eigenvalue weighted by atomic mass is 16.5. The van der Waals surface area contributed by atoms with Crippen LogP contribution in [0.4, 0.5) is 0 Å². The zero-order valence-electron chi connectivity index (χ0n) is 16.6. The molecule has 0 aliphatic carbocycles. The van der Waals surface area contributed by atoms with Crippen molar-refractivity contribution >= 4 is 22.7 Å². The predicted molar refractivity (Wildman–Crippen MR) is 107 cm³/mol. The van der Waals surface area contributed by atoms with Crippen LogP contribution in [0, 0.1) is 0 Å². The molecule has 2 aromatic rings. The van der Waals surface area contributed by atoms with Gasteiger partial charge in [0.25, 0.3) is 0 Å². The number of aromatic amines is 1. The molecule has 1 atom stereocenters. The molecule has 144 valence electrons. The van der Waals surface area contributed by atoms with E-state index in [9.17, 15) is 9.59 Å². The van der Waals surface area contributed by atoms with Crippen molar-refractivity contribution in [3.63, 3.8) is 0 Å². The molecule has 0 radical (unpaired) electrons. The van der Waals surface area contributed by atoms with Gasteiger partial charge in [0.2, 0.25) is 0 Å². The highest BCUT2D eigenvalue weighted by Gasteiger charge is 2.28. The third-order valence-corrected chi connectivity index (χ3v) is 5.42. The Bertz CT molecular complexity index is 894. The maximum atomic E-state index is 12.5. The van der Waals surface area contributed by atoms with Gasteiger partial charge in [-0.05, 0) is 57.0 Å². The highest BCUT2D eigenvalue weighted by molar-refractivity contribution is 5.99. The molecule has 3 rings (SSSR count). The number of nitrogens with one attached hydrogen (secondary N) is 1. The number of Topliss-reactive ketones (excluding diaryl/α,β-unsaturated/α-hetero) is 1. The number of carbonyl (C=O) groups is 2. The van der Waals surface area contributed by atoms with Crippen molar-refractivity contribution in [2.45, 2.75) is 45.6 Å². The first-order valence-electron chi connectivity index (χ1n) is 9.54. The second-order valence-electron chi connectivity index (χ2n) is 7.38. The van der Waals surface area contributed by atoms with Crippen molar-refractivity contribution in [1.29, 1.82) is 0 Å². The predicted octanol–water partition coefficient (Wildman–Crippen LogP) is 4.19. The third kappa shape index (κ3) is 3.98. The number of carbonyl (C=O) groups excluding carboxylic acids is 2. The summed E-state index contributed by atoms with van der Waals surface area (Å²) in [6.45, 7) is 5.35. The maximum Gasteiger partial charge on any atom is 0.314 e. The Hall–Kier alpha value is -2.40. The quantitative estimate of drug-likeness (QED) is 0.501. The van der Waals surface area contributed by atoms with Crippen LogP contribution in [-0.2, 0) is 16.1 Å². The molecule has 1 aromatic heterocycles. The number of methoxy groups -OCH3 is 1. The lowest BCUT2D eigenvalue weighted by atomic mass is 9.93. The molecule has 0 fully saturated rings. The molecule has 1 aromatic carbocycles. The van der Waals surface area contributed by atoms with Gasteiger partial charge >= 0.3 is 5.97 Å². The van der Waals surface area contributed by atoms with Crippen molar-refractivity contribution in [3.05, 3.63) is 46.7 Å². The minimum Gasteiger partial charge on any atom is -0.469 e. The summed E-state index contributed by atoms with van der Waals surface area (Å²) in [5, 5.41) is 1.01. The summed E-state index contributed by atoms with van der Waals surface area (Å²) in [7, 11) is 3.53. The van der Waals surface area contributed by atoms with Gasteiger partial charge in [-0.15, -0.1) is 0 Å². The number of H-pyrrole nitrogens is 1. The number of benzene rings is 1. The second kappa shape index (κ2) is 8.09. The zero-order valence-corrected chi connectivity index (χ0v) is 16.6. The molecular formula is C22H28N2O3. The minimum atomic E-state index is -0.334. The number of hydrogen-bond donors (Lipinski definition) is 1. The van der Waals surface area contributed by atoms with E-state index in [2.05, 4.69) is 29.9 Å². The Morgan fingerprint density at radius 1 is 1.30 bits per heavy atom. The first-order chi connectivity index (χ1) is 12.9. The SMILES string of the molecule is CC/C1=C/CCC(C(=O)OC)c2[nH]c3ccc(C(C)=O)cc3c2CN(C)C1. The van der Waals surface area contributed by atoms with Gasteiger partial charge in [-0.3, -0.25) is 14.5 Å². The van der Waals surface area contributed by atoms with Crippen molar-refractivity contribution in [2.75, 3.05) is 20.7 Å². The molecule has 0 spiro atoms. The summed E-state index contributed by atoms with van der Waals surface area (Å²) in [6.07, 6.45) is 4.81. The summed E-state index contributed by atoms with van der Waals surface area (Å²) in [5.41, 5.74) is 5.03. The van der Waals surface area contributed by atoms with Gasteiger partial charge in [0.15, 0.2) is 5.78 Å². The molecule has 2 heterocycles. The van der Waals surface area contributed by atoms with Crippen LogP contribution in [0.15, 0.2) is 29.8 Å². The van der Waals surface area contributed by atoms with E-state index in [1.807, 2.05) is 18.2 Å². The Kier molecular flexibility index (Phi) is 5.80. The average molecular weight is 368 g/mol. The average Bonchev–Trinajstić information content (AvgIpc) is 3.00. The van der Waals surface area contributed by atoms with Crippen molar-refractivity contribution in [1.82, 2.24) is 9.88 Å². The molecule has 1 unspecified atom stereocenters. The zero-order chi connectivity index (χ0) is 19.6. The fraction of sp³-hybridized carbons (Fsp3) is 0.455. The van der Waals surface area contributed by atoms with E-state index in [-0.39, 0.29) is 17.7 Å². The van der Waals surface area contributed by atoms with E-state index in [1.165, 1.54) is 12.7 Å². The molecule has 0 saturated carbocycles. The van der Waals surface area contributed by atoms with Crippen LogP contribution in [-0.4, -0.2) is 42.3 Å². The van der Waals surface area contributed by atoms with Crippen molar-refractivity contribution < 1.29 is 14.3 Å². The summed E-state index contributed by atoms with van der Waals surface area (Å²) in [4.78, 5) is 30.1. The first-order valence-corrected chi connectivity index (χ1v) is 9.54. The van der Waals surface area contributed by atoms with Gasteiger partial charge in [0.05, 0.1) is 13.0 Å². The number of nitrogens with zero attached hydrogens (tertiary/aromatic N) is 1. The molecule has 1 N–H and O–H groups in total. The number of aromatic nitrogens is 1. The largest absolute Gasteiger partial charge is 0.469 e. The molecular weight excluding hydrogens is 340 g/mol. The Balaban J connectivity index is 2.17. The fourth-order valence-corrected chi connectivity index (χ4v) is 3.92. The van der Waals surface area contributed by atoms with Gasteiger partial charge in [-0.1, -0.05) is 18.6 Å². The molecule has 5 nitrogen and oxygen atoms in total. The van der Waals surface area contributed by atoms with Gasteiger partial charge in [0, 0.05) is 35.2 Å². The minimum absolute atomic E-state index is 0.0424. The van der Waals surface area contributed by atoms with Crippen LogP contribution in [0.25, 0.3) is 10.9 Å². The normalized spacial score (nSPS) is 20.6. The maximum absolute atomic E-state index is 12.5. The number of ketones is 1. The number of esters is 1. The number of rotatable bonds is 3. The lowest BCUT2D eigenvalue weighted by molar-refractivity contribution is -0.142. The summed E-state index contributed by atoms with van der Waals surface area (Å²) < 4.78 is 5.11. The van der Waals surface area contributed by atoms with Crippen LogP contribution in [0.1, 0.15) is 60.6 Å². The third-order valence-electron chi connectivity index (χ3n) is 5.42. The second-order valence-corrected chi connectivity index (χ2v) is 7.38. The van der Waals surface area contributed by atoms with E-state index in [4.69, 9.17) is 4.74 Å². The van der Waals surface area contributed by atoms with Crippen LogP contribution < -0.4 is 0 Å². The molecule has 0 bridgehead atoms. The van der Waals surface area contributed by atoms with Crippen LogP contribution in [0.3, 0.4) is 0 Å². The number of fused-ring (bicyclic) bond motifs is 3. The summed E-state index contributed by atoms with van der Waals surface area (Å²) >= 11 is 0.